The van der Waals surface area contributed by atoms with Gasteiger partial charge in [0.05, 0.1) is 43.3 Å². The van der Waals surface area contributed by atoms with E-state index in [1.54, 1.807) is 14.7 Å². The number of hydrogen-bond donors (Lipinski definition) is 1. The fraction of sp³-hybridized carbons (Fsp3) is 0.486. The molecule has 47 heavy (non-hydrogen) atoms. The summed E-state index contributed by atoms with van der Waals surface area (Å²) in [4.78, 5) is 52.1. The van der Waals surface area contributed by atoms with Crippen molar-refractivity contribution in [2.24, 2.45) is 11.8 Å². The molecule has 10 nitrogen and oxygen atoms in total. The van der Waals surface area contributed by atoms with E-state index in [4.69, 9.17) is 9.47 Å². The molecule has 0 bridgehead atoms. The van der Waals surface area contributed by atoms with Crippen LogP contribution in [0.15, 0.2) is 85.0 Å². The lowest BCUT2D eigenvalue weighted by Crippen LogP contribution is -2.57. The van der Waals surface area contributed by atoms with Gasteiger partial charge in [-0.2, -0.15) is 0 Å². The van der Waals surface area contributed by atoms with Crippen LogP contribution in [0.2, 0.25) is 0 Å². The molecule has 5 aliphatic rings. The van der Waals surface area contributed by atoms with Crippen molar-refractivity contribution in [1.82, 2.24) is 19.6 Å². The number of rotatable bonds is 9. The molecule has 1 spiro atoms. The number of carbonyl (C=O) groups excluding carboxylic acids is 3. The van der Waals surface area contributed by atoms with E-state index in [9.17, 15) is 14.7 Å². The third-order valence-corrected chi connectivity index (χ3v) is 10.7. The van der Waals surface area contributed by atoms with Crippen LogP contribution in [0.5, 0.6) is 0 Å². The standard InChI is InChI=1S/C37H44N4O6/c1-2-36-15-9-18-40(25-27-11-5-3-6-12-27)33(43)30(36)31-34(44)41(29(26-42)28-13-7-4-8-14-28)32-35(45)39(17-10-16-37(31,32)47-36)20-19-38-21-23-46-24-22-38/h3-16,29-32,42H,2,17-26H2,1H3/t29-,30+,31+,32?,36-,37+/m1/s1. The monoisotopic (exact) mass is 640 g/mol. The molecule has 0 radical (unpaired) electrons. The van der Waals surface area contributed by atoms with Gasteiger partial charge in [0, 0.05) is 45.8 Å². The van der Waals surface area contributed by atoms with E-state index in [0.717, 1.165) is 24.2 Å². The second-order valence-corrected chi connectivity index (χ2v) is 13.2. The van der Waals surface area contributed by atoms with Gasteiger partial charge in [-0.1, -0.05) is 91.9 Å². The summed E-state index contributed by atoms with van der Waals surface area (Å²) in [6, 6.07) is 17.3. The number of aliphatic hydroxyl groups is 1. The maximum atomic E-state index is 15.0. The molecule has 3 fully saturated rings. The van der Waals surface area contributed by atoms with E-state index < -0.39 is 35.1 Å². The number of carbonyl (C=O) groups is 3. The van der Waals surface area contributed by atoms with Crippen molar-refractivity contribution in [2.45, 2.75) is 43.2 Å². The second kappa shape index (κ2) is 13.0. The molecule has 2 aromatic rings. The second-order valence-electron chi connectivity index (χ2n) is 13.2. The zero-order valence-corrected chi connectivity index (χ0v) is 26.9. The van der Waals surface area contributed by atoms with Gasteiger partial charge in [-0.05, 0) is 17.5 Å². The van der Waals surface area contributed by atoms with Gasteiger partial charge < -0.3 is 29.3 Å². The average molecular weight is 641 g/mol. The Morgan fingerprint density at radius 3 is 2.21 bits per heavy atom. The van der Waals surface area contributed by atoms with Gasteiger partial charge >= 0.3 is 0 Å². The van der Waals surface area contributed by atoms with Gasteiger partial charge in [-0.3, -0.25) is 19.3 Å². The number of fused-ring (bicyclic) bond motifs is 2. The van der Waals surface area contributed by atoms with Crippen molar-refractivity contribution >= 4 is 17.7 Å². The van der Waals surface area contributed by atoms with E-state index >= 15 is 4.79 Å². The number of hydrogen-bond acceptors (Lipinski definition) is 7. The summed E-state index contributed by atoms with van der Waals surface area (Å²) in [5.41, 5.74) is -0.740. The number of ether oxygens (including phenoxy) is 2. The van der Waals surface area contributed by atoms with E-state index in [0.29, 0.717) is 52.4 Å². The van der Waals surface area contributed by atoms with E-state index in [1.165, 1.54) is 0 Å². The van der Waals surface area contributed by atoms with Crippen LogP contribution in [0.25, 0.3) is 0 Å². The first-order valence-corrected chi connectivity index (χ1v) is 16.9. The fourth-order valence-corrected chi connectivity index (χ4v) is 8.40. The molecule has 0 aromatic heterocycles. The SMILES string of the molecule is CC[C@@]12C=CCN(Cc3ccccc3)C(=O)[C@@H]1[C@H]1C(=O)N([C@H](CO)c3ccccc3)C3C(=O)N(CCN4CCOCC4)CC=C[C@@]31O2. The maximum Gasteiger partial charge on any atom is 0.249 e. The van der Waals surface area contributed by atoms with Gasteiger partial charge in [-0.15, -0.1) is 0 Å². The predicted molar refractivity (Wildman–Crippen MR) is 175 cm³/mol. The number of likely N-dealkylation sites (tertiary alicyclic amines) is 1. The zero-order valence-electron chi connectivity index (χ0n) is 26.9. The summed E-state index contributed by atoms with van der Waals surface area (Å²) < 4.78 is 12.7. The summed E-state index contributed by atoms with van der Waals surface area (Å²) in [7, 11) is 0. The molecule has 5 aliphatic heterocycles. The molecule has 3 amide bonds. The molecule has 1 N–H and O–H groups in total. The number of aliphatic hydroxyl groups excluding tert-OH is 1. The summed E-state index contributed by atoms with van der Waals surface area (Å²) in [5, 5.41) is 10.9. The molecule has 0 aliphatic carbocycles. The normalized spacial score (nSPS) is 31.4. The van der Waals surface area contributed by atoms with Crippen LogP contribution in [0.3, 0.4) is 0 Å². The summed E-state index contributed by atoms with van der Waals surface area (Å²) in [6.45, 7) is 6.84. The summed E-state index contributed by atoms with van der Waals surface area (Å²) >= 11 is 0. The molecule has 7 rings (SSSR count). The van der Waals surface area contributed by atoms with Crippen molar-refractivity contribution in [3.63, 3.8) is 0 Å². The predicted octanol–water partition coefficient (Wildman–Crippen LogP) is 2.41. The molecule has 5 heterocycles. The van der Waals surface area contributed by atoms with Crippen LogP contribution in [-0.4, -0.2) is 119 Å². The van der Waals surface area contributed by atoms with Crippen molar-refractivity contribution in [3.05, 3.63) is 96.1 Å². The first kappa shape index (κ1) is 31.8. The highest BCUT2D eigenvalue weighted by Crippen LogP contribution is 2.59. The van der Waals surface area contributed by atoms with Gasteiger partial charge in [0.1, 0.15) is 11.6 Å². The largest absolute Gasteiger partial charge is 0.394 e. The molecule has 1 unspecified atom stereocenters. The van der Waals surface area contributed by atoms with E-state index in [2.05, 4.69) is 4.90 Å². The molecule has 248 valence electrons. The van der Waals surface area contributed by atoms with Gasteiger partial charge in [0.15, 0.2) is 0 Å². The first-order valence-electron chi connectivity index (χ1n) is 16.9. The van der Waals surface area contributed by atoms with Gasteiger partial charge in [0.25, 0.3) is 0 Å². The minimum absolute atomic E-state index is 0.161. The summed E-state index contributed by atoms with van der Waals surface area (Å²) in [6.07, 6.45) is 8.21. The Balaban J connectivity index is 1.30. The fourth-order valence-electron chi connectivity index (χ4n) is 8.40. The smallest absolute Gasteiger partial charge is 0.249 e. The van der Waals surface area contributed by atoms with Crippen LogP contribution in [0.1, 0.15) is 30.5 Å². The molecule has 0 saturated carbocycles. The Kier molecular flexibility index (Phi) is 8.78. The van der Waals surface area contributed by atoms with Crippen molar-refractivity contribution in [3.8, 4) is 0 Å². The highest BCUT2D eigenvalue weighted by molar-refractivity contribution is 6.00. The lowest BCUT2D eigenvalue weighted by molar-refractivity contribution is -0.157. The Labute approximate surface area is 276 Å². The van der Waals surface area contributed by atoms with Crippen molar-refractivity contribution < 1.29 is 29.0 Å². The number of morpholine rings is 1. The lowest BCUT2D eigenvalue weighted by atomic mass is 9.73. The average Bonchev–Trinajstić information content (AvgIpc) is 3.41. The Hall–Kier alpha value is -3.83. The highest BCUT2D eigenvalue weighted by atomic mass is 16.5. The number of amides is 3. The van der Waals surface area contributed by atoms with Gasteiger partial charge in [0.2, 0.25) is 17.7 Å². The number of benzene rings is 2. The Bertz CT molecular complexity index is 1530. The minimum Gasteiger partial charge on any atom is -0.394 e. The van der Waals surface area contributed by atoms with Crippen LogP contribution in [-0.2, 0) is 30.4 Å². The van der Waals surface area contributed by atoms with Crippen LogP contribution >= 0.6 is 0 Å². The van der Waals surface area contributed by atoms with E-state index in [-0.39, 0.29) is 24.3 Å². The third-order valence-electron chi connectivity index (χ3n) is 10.7. The molecule has 10 heteroatoms. The van der Waals surface area contributed by atoms with Crippen LogP contribution < -0.4 is 0 Å². The molecule has 2 aromatic carbocycles. The summed E-state index contributed by atoms with van der Waals surface area (Å²) in [5.74, 6) is -2.52. The highest BCUT2D eigenvalue weighted by Gasteiger charge is 2.76. The van der Waals surface area contributed by atoms with Crippen molar-refractivity contribution in [1.29, 1.82) is 0 Å². The maximum absolute atomic E-state index is 15.0. The molecular weight excluding hydrogens is 596 g/mol. The van der Waals surface area contributed by atoms with Gasteiger partial charge in [-0.25, -0.2) is 0 Å². The molecule has 3 saturated heterocycles. The minimum atomic E-state index is -1.39. The van der Waals surface area contributed by atoms with Crippen LogP contribution in [0.4, 0.5) is 0 Å². The Morgan fingerprint density at radius 2 is 1.51 bits per heavy atom. The lowest BCUT2D eigenvalue weighted by Gasteiger charge is -2.41. The quantitative estimate of drug-likeness (QED) is 0.420. The third kappa shape index (κ3) is 5.41. The topological polar surface area (TPSA) is 103 Å². The Morgan fingerprint density at radius 1 is 0.830 bits per heavy atom. The van der Waals surface area contributed by atoms with E-state index in [1.807, 2.05) is 91.9 Å². The van der Waals surface area contributed by atoms with Crippen LogP contribution in [0, 0.1) is 11.8 Å². The number of nitrogens with zero attached hydrogens (tertiary/aromatic N) is 4. The molecular formula is C37H44N4O6. The molecule has 6 atom stereocenters. The van der Waals surface area contributed by atoms with Crippen molar-refractivity contribution in [2.75, 3.05) is 59.1 Å². The first-order chi connectivity index (χ1) is 22.9. The zero-order chi connectivity index (χ0) is 32.6.